The van der Waals surface area contributed by atoms with Crippen molar-refractivity contribution in [3.8, 4) is 5.75 Å². The second-order valence-corrected chi connectivity index (χ2v) is 3.39. The average Bonchev–Trinajstić information content (AvgIpc) is 2.29. The molecule has 0 bridgehead atoms. The van der Waals surface area contributed by atoms with E-state index in [0.717, 1.165) is 10.9 Å². The lowest BCUT2D eigenvalue weighted by molar-refractivity contribution is -0.114. The summed E-state index contributed by atoms with van der Waals surface area (Å²) in [5.41, 5.74) is 1.49. The highest BCUT2D eigenvalue weighted by atomic mass is 16.5. The Morgan fingerprint density at radius 1 is 1.38 bits per heavy atom. The van der Waals surface area contributed by atoms with E-state index in [9.17, 15) is 4.79 Å². The van der Waals surface area contributed by atoms with Crippen LogP contribution in [-0.4, -0.2) is 18.0 Å². The lowest BCUT2D eigenvalue weighted by Gasteiger charge is -2.11. The van der Waals surface area contributed by atoms with Gasteiger partial charge in [-0.3, -0.25) is 9.78 Å². The molecule has 2 aromatic rings. The van der Waals surface area contributed by atoms with Crippen LogP contribution in [0.1, 0.15) is 6.92 Å². The smallest absolute Gasteiger partial charge is 0.221 e. The Hall–Kier alpha value is -2.10. The van der Waals surface area contributed by atoms with Crippen molar-refractivity contribution >= 4 is 22.5 Å². The predicted octanol–water partition coefficient (Wildman–Crippen LogP) is 2.20. The summed E-state index contributed by atoms with van der Waals surface area (Å²) < 4.78 is 5.21. The number of pyridine rings is 1. The number of anilines is 1. The van der Waals surface area contributed by atoms with Crippen LogP contribution in [0.15, 0.2) is 30.5 Å². The van der Waals surface area contributed by atoms with Crippen LogP contribution in [-0.2, 0) is 4.79 Å². The number of rotatable bonds is 2. The summed E-state index contributed by atoms with van der Waals surface area (Å²) in [7, 11) is 1.57. The molecule has 16 heavy (non-hydrogen) atoms. The van der Waals surface area contributed by atoms with Gasteiger partial charge in [0.15, 0.2) is 0 Å². The molecule has 0 fully saturated rings. The molecule has 0 aliphatic rings. The van der Waals surface area contributed by atoms with Gasteiger partial charge in [0.25, 0.3) is 0 Å². The van der Waals surface area contributed by atoms with E-state index in [1.165, 1.54) is 6.92 Å². The first-order valence-corrected chi connectivity index (χ1v) is 4.91. The van der Waals surface area contributed by atoms with Gasteiger partial charge in [-0.05, 0) is 24.3 Å². The van der Waals surface area contributed by atoms with Gasteiger partial charge in [0.1, 0.15) is 5.75 Å². The van der Waals surface area contributed by atoms with Gasteiger partial charge in [-0.25, -0.2) is 0 Å². The van der Waals surface area contributed by atoms with E-state index in [1.54, 1.807) is 19.4 Å². The van der Waals surface area contributed by atoms with Gasteiger partial charge in [-0.1, -0.05) is 0 Å². The standard InChI is InChI=1S/C12H12N2O2/c1-8(15)14-12-9-4-3-7-13-10(9)5-6-11(12)16-2/h3-7H,1-2H3,(H,14,15). The van der Waals surface area contributed by atoms with Crippen molar-refractivity contribution in [3.05, 3.63) is 30.5 Å². The van der Waals surface area contributed by atoms with Crippen molar-refractivity contribution in [3.63, 3.8) is 0 Å². The maximum absolute atomic E-state index is 11.1. The summed E-state index contributed by atoms with van der Waals surface area (Å²) in [4.78, 5) is 15.4. The summed E-state index contributed by atoms with van der Waals surface area (Å²) in [6.07, 6.45) is 1.71. The average molecular weight is 216 g/mol. The molecule has 0 aliphatic heterocycles. The molecule has 0 unspecified atom stereocenters. The van der Waals surface area contributed by atoms with E-state index >= 15 is 0 Å². The van der Waals surface area contributed by atoms with Crippen molar-refractivity contribution in [2.45, 2.75) is 6.92 Å². The van der Waals surface area contributed by atoms with Crippen LogP contribution in [0.25, 0.3) is 10.9 Å². The van der Waals surface area contributed by atoms with E-state index in [4.69, 9.17) is 4.74 Å². The highest BCUT2D eigenvalue weighted by Crippen LogP contribution is 2.31. The maximum atomic E-state index is 11.1. The van der Waals surface area contributed by atoms with Crippen LogP contribution in [0.4, 0.5) is 5.69 Å². The molecule has 4 nitrogen and oxygen atoms in total. The number of aromatic nitrogens is 1. The summed E-state index contributed by atoms with van der Waals surface area (Å²) in [5, 5.41) is 3.64. The molecule has 0 saturated carbocycles. The van der Waals surface area contributed by atoms with Crippen LogP contribution in [0, 0.1) is 0 Å². The first-order valence-electron chi connectivity index (χ1n) is 4.91. The Labute approximate surface area is 93.3 Å². The zero-order valence-corrected chi connectivity index (χ0v) is 9.15. The predicted molar refractivity (Wildman–Crippen MR) is 62.6 cm³/mol. The minimum absolute atomic E-state index is 0.130. The van der Waals surface area contributed by atoms with Crippen LogP contribution < -0.4 is 10.1 Å². The van der Waals surface area contributed by atoms with Crippen molar-refractivity contribution < 1.29 is 9.53 Å². The summed E-state index contributed by atoms with van der Waals surface area (Å²) in [6, 6.07) is 7.38. The third-order valence-electron chi connectivity index (χ3n) is 2.27. The molecule has 0 aliphatic carbocycles. The Morgan fingerprint density at radius 3 is 2.88 bits per heavy atom. The fraction of sp³-hybridized carbons (Fsp3) is 0.167. The maximum Gasteiger partial charge on any atom is 0.221 e. The molecule has 1 N–H and O–H groups in total. The van der Waals surface area contributed by atoms with Crippen molar-refractivity contribution in [1.82, 2.24) is 4.98 Å². The Kier molecular flexibility index (Phi) is 2.72. The monoisotopic (exact) mass is 216 g/mol. The number of hydrogen-bond acceptors (Lipinski definition) is 3. The number of benzene rings is 1. The fourth-order valence-corrected chi connectivity index (χ4v) is 1.61. The van der Waals surface area contributed by atoms with Gasteiger partial charge in [0, 0.05) is 18.5 Å². The molecule has 0 atom stereocenters. The van der Waals surface area contributed by atoms with E-state index in [0.29, 0.717) is 11.4 Å². The lowest BCUT2D eigenvalue weighted by atomic mass is 10.1. The zero-order valence-electron chi connectivity index (χ0n) is 9.15. The van der Waals surface area contributed by atoms with Gasteiger partial charge < -0.3 is 10.1 Å². The molecule has 0 saturated heterocycles. The van der Waals surface area contributed by atoms with E-state index in [1.807, 2.05) is 18.2 Å². The van der Waals surface area contributed by atoms with Crippen molar-refractivity contribution in [2.75, 3.05) is 12.4 Å². The summed E-state index contributed by atoms with van der Waals surface area (Å²) >= 11 is 0. The van der Waals surface area contributed by atoms with Gasteiger partial charge in [0.2, 0.25) is 5.91 Å². The molecule has 1 aromatic carbocycles. The first kappa shape index (κ1) is 10.4. The third-order valence-corrected chi connectivity index (χ3v) is 2.27. The molecular formula is C12H12N2O2. The van der Waals surface area contributed by atoms with Crippen LogP contribution in [0.2, 0.25) is 0 Å². The number of ether oxygens (including phenoxy) is 1. The van der Waals surface area contributed by atoms with Gasteiger partial charge in [-0.15, -0.1) is 0 Å². The van der Waals surface area contributed by atoms with Crippen LogP contribution in [0.3, 0.4) is 0 Å². The van der Waals surface area contributed by atoms with Gasteiger partial charge in [0.05, 0.1) is 18.3 Å². The van der Waals surface area contributed by atoms with Gasteiger partial charge in [-0.2, -0.15) is 0 Å². The highest BCUT2D eigenvalue weighted by Gasteiger charge is 2.09. The number of carbonyl (C=O) groups excluding carboxylic acids is 1. The normalized spacial score (nSPS) is 10.1. The first-order chi connectivity index (χ1) is 7.72. The zero-order chi connectivity index (χ0) is 11.5. The number of methoxy groups -OCH3 is 1. The van der Waals surface area contributed by atoms with Crippen molar-refractivity contribution in [2.24, 2.45) is 0 Å². The summed E-state index contributed by atoms with van der Waals surface area (Å²) in [6.45, 7) is 1.47. The van der Waals surface area contributed by atoms with Gasteiger partial charge >= 0.3 is 0 Å². The summed E-state index contributed by atoms with van der Waals surface area (Å²) in [5.74, 6) is 0.505. The minimum Gasteiger partial charge on any atom is -0.495 e. The van der Waals surface area contributed by atoms with E-state index < -0.39 is 0 Å². The second kappa shape index (κ2) is 4.18. The van der Waals surface area contributed by atoms with Crippen LogP contribution in [0.5, 0.6) is 5.75 Å². The SMILES string of the molecule is COc1ccc2ncccc2c1NC(C)=O. The molecule has 1 heterocycles. The number of carbonyl (C=O) groups is 1. The molecule has 1 aromatic heterocycles. The lowest BCUT2D eigenvalue weighted by Crippen LogP contribution is -2.07. The molecule has 82 valence electrons. The molecule has 4 heteroatoms. The topological polar surface area (TPSA) is 51.2 Å². The van der Waals surface area contributed by atoms with Crippen LogP contribution >= 0.6 is 0 Å². The molecule has 0 radical (unpaired) electrons. The Bertz CT molecular complexity index is 538. The minimum atomic E-state index is -0.130. The Balaban J connectivity index is 2.67. The molecule has 1 amide bonds. The number of fused-ring (bicyclic) bond motifs is 1. The quantitative estimate of drug-likeness (QED) is 0.837. The fourth-order valence-electron chi connectivity index (χ4n) is 1.61. The Morgan fingerprint density at radius 2 is 2.19 bits per heavy atom. The highest BCUT2D eigenvalue weighted by molar-refractivity contribution is 6.02. The van der Waals surface area contributed by atoms with E-state index in [2.05, 4.69) is 10.3 Å². The number of nitrogens with one attached hydrogen (secondary N) is 1. The molecule has 2 rings (SSSR count). The number of hydrogen-bond donors (Lipinski definition) is 1. The van der Waals surface area contributed by atoms with Crippen molar-refractivity contribution in [1.29, 1.82) is 0 Å². The third kappa shape index (κ3) is 1.82. The second-order valence-electron chi connectivity index (χ2n) is 3.39. The number of nitrogens with zero attached hydrogens (tertiary/aromatic N) is 1. The molecular weight excluding hydrogens is 204 g/mol. The number of amides is 1. The molecule has 0 spiro atoms. The van der Waals surface area contributed by atoms with E-state index in [-0.39, 0.29) is 5.91 Å². The largest absolute Gasteiger partial charge is 0.495 e.